The van der Waals surface area contributed by atoms with Gasteiger partial charge in [-0.3, -0.25) is 0 Å². The van der Waals surface area contributed by atoms with E-state index < -0.39 is 18.9 Å². The molecule has 8 heteroatoms. The van der Waals surface area contributed by atoms with E-state index in [2.05, 4.69) is 4.98 Å². The van der Waals surface area contributed by atoms with Crippen LogP contribution in [-0.4, -0.2) is 61.6 Å². The summed E-state index contributed by atoms with van der Waals surface area (Å²) in [5, 5.41) is 37.7. The molecule has 1 aromatic rings. The van der Waals surface area contributed by atoms with Crippen molar-refractivity contribution in [2.24, 2.45) is 0 Å². The molecule has 0 amide bonds. The number of aromatic nitrogens is 2. The van der Waals surface area contributed by atoms with E-state index in [-0.39, 0.29) is 6.54 Å². The van der Waals surface area contributed by atoms with Crippen molar-refractivity contribution >= 4 is 5.82 Å². The average molecular weight is 244 g/mol. The molecule has 1 aromatic heterocycles. The van der Waals surface area contributed by atoms with Crippen molar-refractivity contribution in [2.45, 2.75) is 25.4 Å². The van der Waals surface area contributed by atoms with Gasteiger partial charge in [0.25, 0.3) is 0 Å². The summed E-state index contributed by atoms with van der Waals surface area (Å²) < 4.78 is 1.45. The van der Waals surface area contributed by atoms with E-state index in [0.29, 0.717) is 11.5 Å². The Kier molecular flexibility index (Phi) is 3.06. The largest absolute Gasteiger partial charge is 0.372 e. The van der Waals surface area contributed by atoms with Crippen LogP contribution >= 0.6 is 0 Å². The quantitative estimate of drug-likeness (QED) is 0.439. The molecule has 2 unspecified atom stereocenters. The lowest BCUT2D eigenvalue weighted by Crippen LogP contribution is -2.51. The Bertz CT molecular complexity index is 408. The molecule has 2 heterocycles. The van der Waals surface area contributed by atoms with Gasteiger partial charge in [0.1, 0.15) is 5.69 Å². The normalized spacial score (nSPS) is 25.5. The second kappa shape index (κ2) is 4.24. The zero-order valence-electron chi connectivity index (χ0n) is 9.59. The molecule has 0 spiro atoms. The molecule has 1 aliphatic rings. The second-order valence-electron chi connectivity index (χ2n) is 4.08. The van der Waals surface area contributed by atoms with Crippen molar-refractivity contribution in [1.29, 1.82) is 0 Å². The predicted octanol–water partition coefficient (Wildman–Crippen LogP) is -2.16. The molecule has 0 radical (unpaired) electrons. The fraction of sp³-hybridized carbons (Fsp3) is 0.667. The summed E-state index contributed by atoms with van der Waals surface area (Å²) in [4.78, 5) is 6.87. The van der Waals surface area contributed by atoms with Gasteiger partial charge in [-0.2, -0.15) is 0 Å². The average Bonchev–Trinajstić information content (AvgIpc) is 2.66. The number of imidazole rings is 1. The minimum Gasteiger partial charge on any atom is -0.372 e. The molecule has 96 valence electrons. The first kappa shape index (κ1) is 12.3. The Morgan fingerprint density at radius 1 is 1.35 bits per heavy atom. The van der Waals surface area contributed by atoms with Gasteiger partial charge in [-0.1, -0.05) is 0 Å². The van der Waals surface area contributed by atoms with Crippen molar-refractivity contribution in [1.82, 2.24) is 14.5 Å². The molecular formula is C9H16N4O4. The summed E-state index contributed by atoms with van der Waals surface area (Å²) in [6, 6.07) is 0. The fourth-order valence-corrected chi connectivity index (χ4v) is 1.94. The van der Waals surface area contributed by atoms with Crippen LogP contribution in [0.3, 0.4) is 0 Å². The molecular weight excluding hydrogens is 228 g/mol. The lowest BCUT2D eigenvalue weighted by molar-refractivity contribution is -0.101. The van der Waals surface area contributed by atoms with Crippen molar-refractivity contribution in [2.75, 3.05) is 19.0 Å². The first-order chi connectivity index (χ1) is 7.93. The van der Waals surface area contributed by atoms with Gasteiger partial charge in [-0.15, -0.1) is 0 Å². The van der Waals surface area contributed by atoms with Gasteiger partial charge in [0, 0.05) is 7.05 Å². The van der Waals surface area contributed by atoms with Crippen LogP contribution in [-0.2, 0) is 6.54 Å². The third kappa shape index (κ3) is 1.90. The molecule has 0 bridgehead atoms. The highest BCUT2D eigenvalue weighted by Gasteiger charge is 2.36. The van der Waals surface area contributed by atoms with Crippen molar-refractivity contribution in [3.8, 4) is 0 Å². The lowest BCUT2D eigenvalue weighted by Gasteiger charge is -2.40. The number of hydrogen-bond donors (Lipinski definition) is 4. The SMILES string of the molecule is CN1c2ncn(CC(O)O)c2C(O)N(C)C1O. The van der Waals surface area contributed by atoms with Crippen LogP contribution in [0.1, 0.15) is 11.9 Å². The van der Waals surface area contributed by atoms with E-state index in [9.17, 15) is 10.2 Å². The molecule has 0 saturated heterocycles. The maximum atomic E-state index is 10.0. The van der Waals surface area contributed by atoms with Crippen molar-refractivity contribution in [3.05, 3.63) is 12.0 Å². The van der Waals surface area contributed by atoms with Gasteiger partial charge >= 0.3 is 0 Å². The third-order valence-corrected chi connectivity index (χ3v) is 2.89. The lowest BCUT2D eigenvalue weighted by atomic mass is 10.2. The number of aliphatic hydroxyl groups is 4. The number of fused-ring (bicyclic) bond motifs is 1. The van der Waals surface area contributed by atoms with Crippen LogP contribution in [0.5, 0.6) is 0 Å². The maximum absolute atomic E-state index is 10.0. The molecule has 0 aromatic carbocycles. The van der Waals surface area contributed by atoms with Gasteiger partial charge in [0.15, 0.2) is 24.7 Å². The Morgan fingerprint density at radius 2 is 2.00 bits per heavy atom. The van der Waals surface area contributed by atoms with E-state index in [0.717, 1.165) is 0 Å². The summed E-state index contributed by atoms with van der Waals surface area (Å²) >= 11 is 0. The van der Waals surface area contributed by atoms with Gasteiger partial charge in [-0.05, 0) is 7.05 Å². The number of rotatable bonds is 2. The molecule has 0 aliphatic carbocycles. The number of anilines is 1. The summed E-state index contributed by atoms with van der Waals surface area (Å²) in [6.07, 6.45) is -2.14. The topological polar surface area (TPSA) is 105 Å². The minimum atomic E-state index is -1.53. The summed E-state index contributed by atoms with van der Waals surface area (Å²) in [5.41, 5.74) is 0.424. The molecule has 1 aliphatic heterocycles. The highest BCUT2D eigenvalue weighted by atomic mass is 16.5. The Morgan fingerprint density at radius 3 is 2.59 bits per heavy atom. The Labute approximate surface area is 98.0 Å². The zero-order chi connectivity index (χ0) is 12.7. The molecule has 2 atom stereocenters. The minimum absolute atomic E-state index is 0.0861. The summed E-state index contributed by atoms with van der Waals surface area (Å²) in [5.74, 6) is 0.420. The number of aliphatic hydroxyl groups excluding tert-OH is 3. The number of hydrogen-bond acceptors (Lipinski definition) is 7. The van der Waals surface area contributed by atoms with E-state index in [1.54, 1.807) is 14.1 Å². The van der Waals surface area contributed by atoms with Crippen LogP contribution in [0.2, 0.25) is 0 Å². The third-order valence-electron chi connectivity index (χ3n) is 2.89. The standard InChI is InChI=1S/C9H16N4O4/c1-11-7-6(8(16)12(2)9(11)17)13(4-10-7)3-5(14)15/h4-5,8-9,14-17H,3H2,1-2H3. The van der Waals surface area contributed by atoms with Crippen LogP contribution in [0, 0.1) is 0 Å². The zero-order valence-corrected chi connectivity index (χ0v) is 9.59. The van der Waals surface area contributed by atoms with Gasteiger partial charge in [0.2, 0.25) is 0 Å². The van der Waals surface area contributed by atoms with Crippen LogP contribution in [0.15, 0.2) is 6.33 Å². The monoisotopic (exact) mass is 244 g/mol. The molecule has 0 saturated carbocycles. The fourth-order valence-electron chi connectivity index (χ4n) is 1.94. The highest BCUT2D eigenvalue weighted by molar-refractivity contribution is 5.47. The van der Waals surface area contributed by atoms with Crippen molar-refractivity contribution < 1.29 is 20.4 Å². The maximum Gasteiger partial charge on any atom is 0.189 e. The predicted molar refractivity (Wildman–Crippen MR) is 57.6 cm³/mol. The molecule has 2 rings (SSSR count). The van der Waals surface area contributed by atoms with E-state index in [1.165, 1.54) is 20.7 Å². The first-order valence-corrected chi connectivity index (χ1v) is 5.15. The Hall–Kier alpha value is -1.19. The summed E-state index contributed by atoms with van der Waals surface area (Å²) in [6.45, 7) is -0.0861. The smallest absolute Gasteiger partial charge is 0.189 e. The van der Waals surface area contributed by atoms with E-state index in [1.807, 2.05) is 0 Å². The Balaban J connectivity index is 2.42. The molecule has 8 nitrogen and oxygen atoms in total. The van der Waals surface area contributed by atoms with Crippen LogP contribution < -0.4 is 4.90 Å². The molecule has 0 fully saturated rings. The van der Waals surface area contributed by atoms with Crippen LogP contribution in [0.25, 0.3) is 0 Å². The first-order valence-electron chi connectivity index (χ1n) is 5.15. The van der Waals surface area contributed by atoms with E-state index in [4.69, 9.17) is 10.2 Å². The van der Waals surface area contributed by atoms with E-state index >= 15 is 0 Å². The number of nitrogens with zero attached hydrogens (tertiary/aromatic N) is 4. The second-order valence-corrected chi connectivity index (χ2v) is 4.08. The van der Waals surface area contributed by atoms with Gasteiger partial charge in [0.05, 0.1) is 12.9 Å². The van der Waals surface area contributed by atoms with Gasteiger partial charge < -0.3 is 29.9 Å². The summed E-state index contributed by atoms with van der Waals surface area (Å²) in [7, 11) is 3.19. The van der Waals surface area contributed by atoms with Crippen molar-refractivity contribution in [3.63, 3.8) is 0 Å². The van der Waals surface area contributed by atoms with Crippen LogP contribution in [0.4, 0.5) is 5.82 Å². The van der Waals surface area contributed by atoms with Gasteiger partial charge in [-0.25, -0.2) is 9.88 Å². The molecule has 4 N–H and O–H groups in total. The highest BCUT2D eigenvalue weighted by Crippen LogP contribution is 2.33. The molecule has 17 heavy (non-hydrogen) atoms.